The summed E-state index contributed by atoms with van der Waals surface area (Å²) < 4.78 is 10.3. The molecule has 96 valence electrons. The first-order valence-electron chi connectivity index (χ1n) is 5.47. The molecule has 0 saturated heterocycles. The lowest BCUT2D eigenvalue weighted by Gasteiger charge is -2.06. The summed E-state index contributed by atoms with van der Waals surface area (Å²) in [5, 5.41) is 0. The number of fused-ring (bicyclic) bond motifs is 1. The van der Waals surface area contributed by atoms with Gasteiger partial charge in [-0.3, -0.25) is 14.3 Å². The molecule has 0 aliphatic carbocycles. The van der Waals surface area contributed by atoms with Gasteiger partial charge in [-0.25, -0.2) is 9.36 Å². The van der Waals surface area contributed by atoms with Gasteiger partial charge in [0.1, 0.15) is 0 Å². The highest BCUT2D eigenvalue weighted by Gasteiger charge is 2.15. The van der Waals surface area contributed by atoms with Crippen LogP contribution in [-0.2, 0) is 7.05 Å². The van der Waals surface area contributed by atoms with Crippen LogP contribution < -0.4 is 11.2 Å². The van der Waals surface area contributed by atoms with Crippen LogP contribution in [0.4, 0.5) is 0 Å². The largest absolute Gasteiger partial charge is 0.337 e. The number of hydrogen-bond donors (Lipinski definition) is 0. The van der Waals surface area contributed by atoms with E-state index in [4.69, 9.17) is 0 Å². The summed E-state index contributed by atoms with van der Waals surface area (Å²) in [6.45, 7) is 1.83. The van der Waals surface area contributed by atoms with Crippen molar-refractivity contribution in [2.24, 2.45) is 7.05 Å². The lowest BCUT2D eigenvalue weighted by atomic mass is 10.3. The number of hydrogen-bond acceptors (Lipinski definition) is 6. The van der Waals surface area contributed by atoms with E-state index < -0.39 is 11.2 Å². The SMILES string of the molecule is Cc1ccc(-n2c(=O)c3nsnc3n(C)c2=O)cn1. The zero-order valence-electron chi connectivity index (χ0n) is 10.2. The van der Waals surface area contributed by atoms with Gasteiger partial charge in [0, 0.05) is 12.7 Å². The fourth-order valence-electron chi connectivity index (χ4n) is 1.79. The molecular formula is C11H9N5O2S. The Morgan fingerprint density at radius 2 is 2.00 bits per heavy atom. The maximum absolute atomic E-state index is 12.3. The van der Waals surface area contributed by atoms with Crippen LogP contribution in [0.3, 0.4) is 0 Å². The Morgan fingerprint density at radius 3 is 2.68 bits per heavy atom. The minimum Gasteiger partial charge on any atom is -0.278 e. The summed E-state index contributed by atoms with van der Waals surface area (Å²) in [7, 11) is 1.56. The predicted octanol–water partition coefficient (Wildman–Crippen LogP) is 0.244. The molecule has 3 aromatic rings. The normalized spacial score (nSPS) is 11.1. The molecule has 0 unspecified atom stereocenters. The minimum atomic E-state index is -0.475. The molecule has 0 aliphatic rings. The number of aromatic nitrogens is 5. The van der Waals surface area contributed by atoms with Gasteiger partial charge in [0.25, 0.3) is 5.56 Å². The fraction of sp³-hybridized carbons (Fsp3) is 0.182. The molecule has 3 heterocycles. The molecule has 7 nitrogen and oxygen atoms in total. The maximum atomic E-state index is 12.3. The van der Waals surface area contributed by atoms with E-state index >= 15 is 0 Å². The highest BCUT2D eigenvalue weighted by molar-refractivity contribution is 7.00. The van der Waals surface area contributed by atoms with E-state index in [1.54, 1.807) is 19.2 Å². The maximum Gasteiger partial charge on any atom is 0.337 e. The first-order valence-corrected chi connectivity index (χ1v) is 6.20. The van der Waals surface area contributed by atoms with E-state index in [0.29, 0.717) is 11.3 Å². The summed E-state index contributed by atoms with van der Waals surface area (Å²) in [6.07, 6.45) is 1.49. The van der Waals surface area contributed by atoms with E-state index in [0.717, 1.165) is 22.0 Å². The van der Waals surface area contributed by atoms with Crippen LogP contribution in [0, 0.1) is 6.92 Å². The third kappa shape index (κ3) is 1.68. The van der Waals surface area contributed by atoms with Gasteiger partial charge in [0.15, 0.2) is 11.2 Å². The molecule has 0 aliphatic heterocycles. The van der Waals surface area contributed by atoms with Crippen molar-refractivity contribution in [3.63, 3.8) is 0 Å². The number of rotatable bonds is 1. The Labute approximate surface area is 111 Å². The quantitative estimate of drug-likeness (QED) is 0.635. The second kappa shape index (κ2) is 4.09. The molecule has 0 radical (unpaired) electrons. The highest BCUT2D eigenvalue weighted by Crippen LogP contribution is 2.06. The van der Waals surface area contributed by atoms with Crippen molar-refractivity contribution in [1.82, 2.24) is 22.9 Å². The minimum absolute atomic E-state index is 0.188. The van der Waals surface area contributed by atoms with E-state index in [1.165, 1.54) is 10.8 Å². The Balaban J connectivity index is 2.44. The molecule has 3 rings (SSSR count). The van der Waals surface area contributed by atoms with E-state index in [1.807, 2.05) is 6.92 Å². The smallest absolute Gasteiger partial charge is 0.278 e. The molecule has 0 saturated carbocycles. The van der Waals surface area contributed by atoms with Crippen molar-refractivity contribution in [2.45, 2.75) is 6.92 Å². The lowest BCUT2D eigenvalue weighted by molar-refractivity contribution is 0.765. The molecule has 0 amide bonds. The van der Waals surface area contributed by atoms with Gasteiger partial charge in [-0.15, -0.1) is 0 Å². The molecule has 0 bridgehead atoms. The van der Waals surface area contributed by atoms with Crippen LogP contribution in [0.2, 0.25) is 0 Å². The molecule has 0 N–H and O–H groups in total. The lowest BCUT2D eigenvalue weighted by Crippen LogP contribution is -2.38. The van der Waals surface area contributed by atoms with Gasteiger partial charge < -0.3 is 0 Å². The summed E-state index contributed by atoms with van der Waals surface area (Å²) in [6, 6.07) is 3.42. The van der Waals surface area contributed by atoms with Crippen molar-refractivity contribution in [3.05, 3.63) is 44.9 Å². The van der Waals surface area contributed by atoms with Crippen molar-refractivity contribution in [1.29, 1.82) is 0 Å². The molecule has 3 aromatic heterocycles. The first kappa shape index (κ1) is 11.7. The van der Waals surface area contributed by atoms with Crippen molar-refractivity contribution >= 4 is 22.9 Å². The van der Waals surface area contributed by atoms with E-state index in [2.05, 4.69) is 13.7 Å². The van der Waals surface area contributed by atoms with Crippen LogP contribution in [-0.4, -0.2) is 22.9 Å². The molecule has 19 heavy (non-hydrogen) atoms. The first-order chi connectivity index (χ1) is 9.09. The van der Waals surface area contributed by atoms with Crippen molar-refractivity contribution in [3.8, 4) is 5.69 Å². The Kier molecular flexibility index (Phi) is 2.53. The van der Waals surface area contributed by atoms with Crippen LogP contribution in [0.25, 0.3) is 16.9 Å². The Hall–Kier alpha value is -2.35. The zero-order valence-corrected chi connectivity index (χ0v) is 11.0. The standard InChI is InChI=1S/C11H9N5O2S/c1-6-3-4-7(5-12-6)16-10(17)8-9(14-19-13-8)15(2)11(16)18/h3-5H,1-2H3. The van der Waals surface area contributed by atoms with Gasteiger partial charge in [-0.1, -0.05) is 0 Å². The number of nitrogens with zero attached hydrogens (tertiary/aromatic N) is 5. The average Bonchev–Trinajstić information content (AvgIpc) is 2.88. The van der Waals surface area contributed by atoms with Crippen LogP contribution >= 0.6 is 11.7 Å². The zero-order chi connectivity index (χ0) is 13.6. The molecule has 0 aromatic carbocycles. The van der Waals surface area contributed by atoms with Crippen molar-refractivity contribution in [2.75, 3.05) is 0 Å². The third-order valence-electron chi connectivity index (χ3n) is 2.83. The second-order valence-electron chi connectivity index (χ2n) is 4.08. The molecular weight excluding hydrogens is 266 g/mol. The average molecular weight is 275 g/mol. The summed E-state index contributed by atoms with van der Waals surface area (Å²) in [5.41, 5.74) is 0.786. The number of pyridine rings is 1. The Morgan fingerprint density at radius 1 is 1.21 bits per heavy atom. The second-order valence-corrected chi connectivity index (χ2v) is 4.60. The van der Waals surface area contributed by atoms with Gasteiger partial charge >= 0.3 is 5.69 Å². The molecule has 8 heteroatoms. The van der Waals surface area contributed by atoms with Gasteiger partial charge in [0.2, 0.25) is 0 Å². The van der Waals surface area contributed by atoms with Crippen LogP contribution in [0.15, 0.2) is 27.9 Å². The summed E-state index contributed by atoms with van der Waals surface area (Å²) >= 11 is 0.908. The van der Waals surface area contributed by atoms with Crippen LogP contribution in [0.5, 0.6) is 0 Å². The highest BCUT2D eigenvalue weighted by atomic mass is 32.1. The molecule has 0 atom stereocenters. The number of aryl methyl sites for hydroxylation is 2. The monoisotopic (exact) mass is 275 g/mol. The Bertz CT molecular complexity index is 875. The van der Waals surface area contributed by atoms with Crippen LogP contribution in [0.1, 0.15) is 5.69 Å². The molecule has 0 fully saturated rings. The van der Waals surface area contributed by atoms with E-state index in [-0.39, 0.29) is 5.52 Å². The third-order valence-corrected chi connectivity index (χ3v) is 3.35. The van der Waals surface area contributed by atoms with Gasteiger partial charge in [0.05, 0.1) is 23.6 Å². The molecule has 0 spiro atoms. The van der Waals surface area contributed by atoms with E-state index in [9.17, 15) is 9.59 Å². The van der Waals surface area contributed by atoms with Crippen molar-refractivity contribution < 1.29 is 0 Å². The predicted molar refractivity (Wildman–Crippen MR) is 70.8 cm³/mol. The van der Waals surface area contributed by atoms with Gasteiger partial charge in [-0.05, 0) is 19.1 Å². The summed E-state index contributed by atoms with van der Waals surface area (Å²) in [4.78, 5) is 28.6. The topological polar surface area (TPSA) is 82.7 Å². The van der Waals surface area contributed by atoms with Gasteiger partial charge in [-0.2, -0.15) is 8.75 Å². The summed E-state index contributed by atoms with van der Waals surface area (Å²) in [5.74, 6) is 0. The fourth-order valence-corrected chi connectivity index (χ4v) is 2.36.